The van der Waals surface area contributed by atoms with Gasteiger partial charge in [0.25, 0.3) is 0 Å². The van der Waals surface area contributed by atoms with E-state index >= 15 is 0 Å². The Balaban J connectivity index is 1.41. The Morgan fingerprint density at radius 1 is 1.03 bits per heavy atom. The third-order valence-electron chi connectivity index (χ3n) is 5.74. The molecule has 31 heavy (non-hydrogen) atoms. The van der Waals surface area contributed by atoms with E-state index in [0.29, 0.717) is 41.9 Å². The predicted octanol–water partition coefficient (Wildman–Crippen LogP) is 5.26. The maximum absolute atomic E-state index is 12.8. The van der Waals surface area contributed by atoms with Crippen molar-refractivity contribution in [3.63, 3.8) is 0 Å². The van der Waals surface area contributed by atoms with Gasteiger partial charge in [0.1, 0.15) is 0 Å². The van der Waals surface area contributed by atoms with Crippen molar-refractivity contribution in [2.75, 3.05) is 39.7 Å². The van der Waals surface area contributed by atoms with Crippen LogP contribution in [-0.2, 0) is 0 Å². The average molecular weight is 444 g/mol. The zero-order valence-electron chi connectivity index (χ0n) is 17.8. The van der Waals surface area contributed by atoms with Crippen LogP contribution in [-0.4, -0.2) is 50.3 Å². The molecule has 0 radical (unpaired) electrons. The summed E-state index contributed by atoms with van der Waals surface area (Å²) in [7, 11) is 4.64. The number of rotatable bonds is 5. The summed E-state index contributed by atoms with van der Waals surface area (Å²) in [4.78, 5) is 18.1. The number of halogens is 1. The van der Waals surface area contributed by atoms with Gasteiger partial charge >= 0.3 is 6.03 Å². The van der Waals surface area contributed by atoms with Gasteiger partial charge in [-0.1, -0.05) is 11.6 Å². The third-order valence-corrected chi connectivity index (χ3v) is 5.98. The molecule has 0 atom stereocenters. The Bertz CT molecular complexity index is 1060. The fourth-order valence-electron chi connectivity index (χ4n) is 4.10. The van der Waals surface area contributed by atoms with Gasteiger partial charge in [-0.05, 0) is 37.1 Å². The predicted molar refractivity (Wildman–Crippen MR) is 122 cm³/mol. The number of benzene rings is 2. The topological polar surface area (TPSA) is 75.8 Å². The minimum Gasteiger partial charge on any atom is -0.493 e. The molecule has 0 spiro atoms. The Hall–Kier alpha value is -3.06. The number of amides is 2. The number of H-pyrrole nitrogens is 1. The molecule has 0 aliphatic carbocycles. The Labute approximate surface area is 186 Å². The van der Waals surface area contributed by atoms with Crippen molar-refractivity contribution in [3.05, 3.63) is 47.1 Å². The quantitative estimate of drug-likeness (QED) is 0.564. The van der Waals surface area contributed by atoms with Gasteiger partial charge in [0.2, 0.25) is 5.75 Å². The molecule has 4 rings (SSSR count). The van der Waals surface area contributed by atoms with E-state index in [1.165, 1.54) is 5.69 Å². The van der Waals surface area contributed by atoms with Crippen LogP contribution in [0.25, 0.3) is 10.9 Å². The normalized spacial score (nSPS) is 14.5. The summed E-state index contributed by atoms with van der Waals surface area (Å²) in [6.45, 7) is 1.36. The van der Waals surface area contributed by atoms with Crippen LogP contribution in [0.4, 0.5) is 10.5 Å². The summed E-state index contributed by atoms with van der Waals surface area (Å²) in [5.74, 6) is 1.87. The van der Waals surface area contributed by atoms with Crippen molar-refractivity contribution < 1.29 is 19.0 Å². The number of ether oxygens (including phenoxy) is 3. The second-order valence-corrected chi connectivity index (χ2v) is 8.00. The second kappa shape index (κ2) is 8.98. The van der Waals surface area contributed by atoms with Crippen molar-refractivity contribution in [2.45, 2.75) is 18.8 Å². The van der Waals surface area contributed by atoms with Gasteiger partial charge in [0.15, 0.2) is 11.5 Å². The molecule has 2 heterocycles. The molecule has 2 aromatic carbocycles. The number of carbonyl (C=O) groups is 1. The van der Waals surface area contributed by atoms with Crippen LogP contribution < -0.4 is 19.5 Å². The summed E-state index contributed by atoms with van der Waals surface area (Å²) in [6.07, 6.45) is 1.78. The molecular formula is C23H26ClN3O4. The molecule has 1 aromatic heterocycles. The number of aromatic amines is 1. The first-order valence-corrected chi connectivity index (χ1v) is 10.5. The van der Waals surface area contributed by atoms with Gasteiger partial charge in [0.05, 0.1) is 27.0 Å². The number of piperidine rings is 1. The van der Waals surface area contributed by atoms with E-state index in [2.05, 4.69) is 16.4 Å². The zero-order valence-corrected chi connectivity index (χ0v) is 18.6. The van der Waals surface area contributed by atoms with Crippen molar-refractivity contribution in [3.8, 4) is 17.2 Å². The molecule has 2 N–H and O–H groups in total. The summed E-state index contributed by atoms with van der Waals surface area (Å²) in [6, 6.07) is 11.3. The highest BCUT2D eigenvalue weighted by atomic mass is 35.5. The number of aromatic nitrogens is 1. The maximum atomic E-state index is 12.8. The molecule has 164 valence electrons. The maximum Gasteiger partial charge on any atom is 0.321 e. The van der Waals surface area contributed by atoms with E-state index in [-0.39, 0.29) is 6.03 Å². The van der Waals surface area contributed by atoms with Crippen LogP contribution in [0, 0.1) is 0 Å². The van der Waals surface area contributed by atoms with Gasteiger partial charge < -0.3 is 29.4 Å². The summed E-state index contributed by atoms with van der Waals surface area (Å²) in [5, 5.41) is 4.79. The molecule has 1 aliphatic rings. The Kier molecular flexibility index (Phi) is 6.13. The van der Waals surface area contributed by atoms with Crippen molar-refractivity contribution in [1.29, 1.82) is 0 Å². The molecule has 7 nitrogen and oxygen atoms in total. The van der Waals surface area contributed by atoms with Crippen molar-refractivity contribution in [2.24, 2.45) is 0 Å². The molecule has 0 bridgehead atoms. The number of likely N-dealkylation sites (tertiary alicyclic amines) is 1. The van der Waals surface area contributed by atoms with Crippen molar-refractivity contribution in [1.82, 2.24) is 9.88 Å². The number of hydrogen-bond acceptors (Lipinski definition) is 4. The molecule has 1 fully saturated rings. The van der Waals surface area contributed by atoms with Crippen LogP contribution in [0.3, 0.4) is 0 Å². The number of urea groups is 1. The number of methoxy groups -OCH3 is 3. The monoisotopic (exact) mass is 443 g/mol. The average Bonchev–Trinajstić information content (AvgIpc) is 3.21. The first kappa shape index (κ1) is 21.2. The lowest BCUT2D eigenvalue weighted by molar-refractivity contribution is 0.194. The fraction of sp³-hybridized carbons (Fsp3) is 0.348. The highest BCUT2D eigenvalue weighted by Crippen LogP contribution is 2.40. The number of carbonyl (C=O) groups excluding carboxylic acids is 1. The van der Waals surface area contributed by atoms with Gasteiger partial charge in [-0.2, -0.15) is 0 Å². The minimum absolute atomic E-state index is 0.142. The fourth-order valence-corrected chi connectivity index (χ4v) is 4.28. The van der Waals surface area contributed by atoms with Gasteiger partial charge in [-0.15, -0.1) is 0 Å². The first-order chi connectivity index (χ1) is 15.0. The number of fused-ring (bicyclic) bond motifs is 1. The Morgan fingerprint density at radius 2 is 1.71 bits per heavy atom. The SMILES string of the molecule is COc1cc(NC(=O)N2CCC(c3cc4cc(Cl)ccc4[nH]3)CC2)cc(OC)c1OC. The number of hydrogen-bond donors (Lipinski definition) is 2. The summed E-state index contributed by atoms with van der Waals surface area (Å²) >= 11 is 6.10. The van der Waals surface area contributed by atoms with E-state index < -0.39 is 0 Å². The lowest BCUT2D eigenvalue weighted by Crippen LogP contribution is -2.40. The lowest BCUT2D eigenvalue weighted by atomic mass is 9.94. The van der Waals surface area contributed by atoms with E-state index in [9.17, 15) is 4.79 Å². The summed E-state index contributed by atoms with van der Waals surface area (Å²) < 4.78 is 16.1. The van der Waals surface area contributed by atoms with Gasteiger partial charge in [0, 0.05) is 52.8 Å². The molecule has 3 aromatic rings. The van der Waals surface area contributed by atoms with Crippen LogP contribution in [0.15, 0.2) is 36.4 Å². The van der Waals surface area contributed by atoms with Crippen molar-refractivity contribution >= 4 is 34.2 Å². The van der Waals surface area contributed by atoms with E-state index in [4.69, 9.17) is 25.8 Å². The van der Waals surface area contributed by atoms with Crippen LogP contribution in [0.1, 0.15) is 24.5 Å². The summed E-state index contributed by atoms with van der Waals surface area (Å²) in [5.41, 5.74) is 2.87. The van der Waals surface area contributed by atoms with Crippen LogP contribution in [0.2, 0.25) is 5.02 Å². The minimum atomic E-state index is -0.142. The molecule has 1 saturated heterocycles. The van der Waals surface area contributed by atoms with E-state index in [1.807, 2.05) is 23.1 Å². The lowest BCUT2D eigenvalue weighted by Gasteiger charge is -2.31. The first-order valence-electron chi connectivity index (χ1n) is 10.2. The van der Waals surface area contributed by atoms with E-state index in [1.54, 1.807) is 33.5 Å². The Morgan fingerprint density at radius 3 is 2.32 bits per heavy atom. The zero-order chi connectivity index (χ0) is 22.0. The van der Waals surface area contributed by atoms with Gasteiger partial charge in [-0.3, -0.25) is 0 Å². The number of nitrogens with zero attached hydrogens (tertiary/aromatic N) is 1. The smallest absolute Gasteiger partial charge is 0.321 e. The molecule has 2 amide bonds. The molecule has 1 aliphatic heterocycles. The third kappa shape index (κ3) is 4.37. The van der Waals surface area contributed by atoms with Crippen LogP contribution in [0.5, 0.6) is 17.2 Å². The standard InChI is InChI=1S/C23H26ClN3O4/c1-29-20-12-17(13-21(30-2)22(20)31-3)25-23(28)27-8-6-14(7-9-27)19-11-15-10-16(24)4-5-18(15)26-19/h4-5,10-14,26H,6-9H2,1-3H3,(H,25,28). The van der Waals surface area contributed by atoms with E-state index in [0.717, 1.165) is 28.8 Å². The molecular weight excluding hydrogens is 418 g/mol. The number of nitrogens with one attached hydrogen (secondary N) is 2. The molecule has 0 unspecified atom stereocenters. The largest absolute Gasteiger partial charge is 0.493 e. The molecule has 8 heteroatoms. The number of anilines is 1. The van der Waals surface area contributed by atoms with Gasteiger partial charge in [-0.25, -0.2) is 4.79 Å². The molecule has 0 saturated carbocycles. The second-order valence-electron chi connectivity index (χ2n) is 7.56. The highest BCUT2D eigenvalue weighted by Gasteiger charge is 2.25. The van der Waals surface area contributed by atoms with Crippen LogP contribution >= 0.6 is 11.6 Å². The highest BCUT2D eigenvalue weighted by molar-refractivity contribution is 6.31.